The van der Waals surface area contributed by atoms with E-state index in [-0.39, 0.29) is 11.9 Å². The molecular weight excluding hydrogens is 326 g/mol. The van der Waals surface area contributed by atoms with Crippen LogP contribution in [0.3, 0.4) is 0 Å². The summed E-state index contributed by atoms with van der Waals surface area (Å²) < 4.78 is 5.66. The van der Waals surface area contributed by atoms with Crippen LogP contribution in [-0.2, 0) is 0 Å². The van der Waals surface area contributed by atoms with Crippen LogP contribution in [0.1, 0.15) is 23.7 Å². The molecule has 2 unspecified atom stereocenters. The number of alkyl halides is 1. The molecule has 5 heteroatoms. The summed E-state index contributed by atoms with van der Waals surface area (Å²) in [7, 11) is 0. The van der Waals surface area contributed by atoms with Crippen molar-refractivity contribution in [2.45, 2.75) is 24.2 Å². The van der Waals surface area contributed by atoms with Crippen LogP contribution in [0.4, 0.5) is 0 Å². The molecule has 3 nitrogen and oxygen atoms in total. The van der Waals surface area contributed by atoms with Gasteiger partial charge in [-0.3, -0.25) is 4.79 Å². The Morgan fingerprint density at radius 1 is 1.67 bits per heavy atom. The quantitative estimate of drug-likeness (QED) is 0.738. The van der Waals surface area contributed by atoms with Gasteiger partial charge in [-0.1, -0.05) is 15.9 Å². The maximum absolute atomic E-state index is 12.0. The molecule has 2 heterocycles. The molecule has 1 aliphatic heterocycles. The van der Waals surface area contributed by atoms with E-state index in [4.69, 9.17) is 4.42 Å². The fourth-order valence-electron chi connectivity index (χ4n) is 1.84. The van der Waals surface area contributed by atoms with Crippen LogP contribution in [0.5, 0.6) is 0 Å². The molecule has 1 aromatic heterocycles. The van der Waals surface area contributed by atoms with Gasteiger partial charge in [0.1, 0.15) is 6.26 Å². The van der Waals surface area contributed by atoms with Gasteiger partial charge in [-0.2, -0.15) is 0 Å². The van der Waals surface area contributed by atoms with Gasteiger partial charge < -0.3 is 9.32 Å². The number of hydrogen-bond acceptors (Lipinski definition) is 2. The van der Waals surface area contributed by atoms with Gasteiger partial charge in [0.05, 0.1) is 5.56 Å². The number of amides is 1. The summed E-state index contributed by atoms with van der Waals surface area (Å²) in [6.07, 6.45) is 2.49. The fraction of sp³-hybridized carbons (Fsp3) is 0.500. The Kier molecular flexibility index (Phi) is 3.21. The molecule has 0 aromatic carbocycles. The molecule has 0 saturated carbocycles. The number of nitrogens with zero attached hydrogens (tertiary/aromatic N) is 1. The molecule has 0 N–H and O–H groups in total. The van der Waals surface area contributed by atoms with Crippen LogP contribution in [0.2, 0.25) is 0 Å². The van der Waals surface area contributed by atoms with Gasteiger partial charge in [0.2, 0.25) is 0 Å². The molecule has 0 aliphatic carbocycles. The molecule has 1 amide bonds. The third-order valence-corrected chi connectivity index (χ3v) is 3.68. The Balaban J connectivity index is 2.15. The Bertz CT molecular complexity index is 377. The molecule has 1 saturated heterocycles. The molecule has 2 atom stereocenters. The first-order valence-corrected chi connectivity index (χ1v) is 6.48. The third kappa shape index (κ3) is 2.28. The second-order valence-corrected chi connectivity index (χ2v) is 5.86. The lowest BCUT2D eigenvalue weighted by Crippen LogP contribution is -2.33. The number of hydrogen-bond donors (Lipinski definition) is 0. The fourth-order valence-corrected chi connectivity index (χ4v) is 3.03. The zero-order chi connectivity index (χ0) is 11.0. The summed E-state index contributed by atoms with van der Waals surface area (Å²) in [5.74, 6) is 0.0406. The van der Waals surface area contributed by atoms with E-state index in [2.05, 4.69) is 38.8 Å². The minimum Gasteiger partial charge on any atom is -0.457 e. The van der Waals surface area contributed by atoms with Crippen molar-refractivity contribution in [1.82, 2.24) is 4.90 Å². The number of halogens is 2. The number of rotatable bonds is 1. The molecule has 1 aromatic rings. The van der Waals surface area contributed by atoms with Crippen LogP contribution < -0.4 is 0 Å². The van der Waals surface area contributed by atoms with Crippen molar-refractivity contribution in [3.05, 3.63) is 22.6 Å². The first-order chi connectivity index (χ1) is 7.08. The average Bonchev–Trinajstić information content (AvgIpc) is 2.71. The second kappa shape index (κ2) is 4.29. The molecule has 0 spiro atoms. The molecule has 1 fully saturated rings. The van der Waals surface area contributed by atoms with Gasteiger partial charge >= 0.3 is 0 Å². The van der Waals surface area contributed by atoms with E-state index in [1.54, 1.807) is 6.07 Å². The van der Waals surface area contributed by atoms with Crippen molar-refractivity contribution < 1.29 is 9.21 Å². The smallest absolute Gasteiger partial charge is 0.257 e. The minimum absolute atomic E-state index is 0.0406. The predicted octanol–water partition coefficient (Wildman–Crippen LogP) is 3.04. The third-order valence-electron chi connectivity index (χ3n) is 2.60. The lowest BCUT2D eigenvalue weighted by Gasteiger charge is -2.20. The summed E-state index contributed by atoms with van der Waals surface area (Å²) in [5.41, 5.74) is 0.607. The van der Waals surface area contributed by atoms with Gasteiger partial charge in [-0.05, 0) is 29.3 Å². The van der Waals surface area contributed by atoms with Crippen LogP contribution in [-0.4, -0.2) is 28.2 Å². The van der Waals surface area contributed by atoms with Gasteiger partial charge in [0.15, 0.2) is 4.67 Å². The Hall–Kier alpha value is -0.290. The predicted molar refractivity (Wildman–Crippen MR) is 64.2 cm³/mol. The first kappa shape index (κ1) is 11.2. The lowest BCUT2D eigenvalue weighted by molar-refractivity contribution is 0.0747. The Labute approximate surface area is 105 Å². The van der Waals surface area contributed by atoms with E-state index < -0.39 is 0 Å². The highest BCUT2D eigenvalue weighted by Crippen LogP contribution is 2.26. The number of carbonyl (C=O) groups excluding carboxylic acids is 1. The van der Waals surface area contributed by atoms with Crippen molar-refractivity contribution >= 4 is 37.8 Å². The van der Waals surface area contributed by atoms with E-state index >= 15 is 0 Å². The largest absolute Gasteiger partial charge is 0.457 e. The maximum atomic E-state index is 12.0. The van der Waals surface area contributed by atoms with Crippen LogP contribution in [0.15, 0.2) is 21.4 Å². The van der Waals surface area contributed by atoms with Gasteiger partial charge in [0, 0.05) is 23.5 Å². The van der Waals surface area contributed by atoms with E-state index in [9.17, 15) is 4.79 Å². The zero-order valence-corrected chi connectivity index (χ0v) is 11.4. The SMILES string of the molecule is CC1CC(Br)CN1C(=O)c1coc(Br)c1. The molecule has 82 valence electrons. The summed E-state index contributed by atoms with van der Waals surface area (Å²) in [6, 6.07) is 1.99. The molecule has 2 rings (SSSR count). The number of furan rings is 1. The monoisotopic (exact) mass is 335 g/mol. The standard InChI is InChI=1S/C10H11Br2NO2/c1-6-2-8(11)4-13(6)10(14)7-3-9(12)15-5-7/h3,5-6,8H,2,4H2,1H3. The highest BCUT2D eigenvalue weighted by Gasteiger charge is 2.31. The highest BCUT2D eigenvalue weighted by molar-refractivity contribution is 9.10. The average molecular weight is 337 g/mol. The van der Waals surface area contributed by atoms with E-state index in [0.29, 0.717) is 15.1 Å². The summed E-state index contributed by atoms with van der Waals surface area (Å²) >= 11 is 6.73. The van der Waals surface area contributed by atoms with Gasteiger partial charge in [-0.15, -0.1) is 0 Å². The first-order valence-electron chi connectivity index (χ1n) is 4.77. The zero-order valence-electron chi connectivity index (χ0n) is 8.24. The highest BCUT2D eigenvalue weighted by atomic mass is 79.9. The molecular formula is C10H11Br2NO2. The maximum Gasteiger partial charge on any atom is 0.257 e. The second-order valence-electron chi connectivity index (χ2n) is 3.78. The number of likely N-dealkylation sites (tertiary alicyclic amines) is 1. The van der Waals surface area contributed by atoms with Gasteiger partial charge in [-0.25, -0.2) is 0 Å². The van der Waals surface area contributed by atoms with Crippen molar-refractivity contribution in [2.24, 2.45) is 0 Å². The van der Waals surface area contributed by atoms with E-state index in [0.717, 1.165) is 13.0 Å². The lowest BCUT2D eigenvalue weighted by atomic mass is 10.2. The van der Waals surface area contributed by atoms with Crippen LogP contribution >= 0.6 is 31.9 Å². The molecule has 1 aliphatic rings. The van der Waals surface area contributed by atoms with Crippen molar-refractivity contribution in [3.63, 3.8) is 0 Å². The van der Waals surface area contributed by atoms with Crippen LogP contribution in [0.25, 0.3) is 0 Å². The topological polar surface area (TPSA) is 33.5 Å². The Morgan fingerprint density at radius 3 is 2.87 bits per heavy atom. The summed E-state index contributed by atoms with van der Waals surface area (Å²) in [6.45, 7) is 2.83. The number of carbonyl (C=O) groups is 1. The minimum atomic E-state index is 0.0406. The van der Waals surface area contributed by atoms with E-state index in [1.165, 1.54) is 6.26 Å². The van der Waals surface area contributed by atoms with Crippen LogP contribution in [0, 0.1) is 0 Å². The summed E-state index contributed by atoms with van der Waals surface area (Å²) in [4.78, 5) is 14.3. The van der Waals surface area contributed by atoms with Gasteiger partial charge in [0.25, 0.3) is 5.91 Å². The van der Waals surface area contributed by atoms with Crippen molar-refractivity contribution in [2.75, 3.05) is 6.54 Å². The molecule has 0 radical (unpaired) electrons. The molecule has 15 heavy (non-hydrogen) atoms. The Morgan fingerprint density at radius 2 is 2.40 bits per heavy atom. The van der Waals surface area contributed by atoms with Crippen molar-refractivity contribution in [1.29, 1.82) is 0 Å². The normalized spacial score (nSPS) is 25.9. The molecule has 0 bridgehead atoms. The van der Waals surface area contributed by atoms with Crippen molar-refractivity contribution in [3.8, 4) is 0 Å². The van der Waals surface area contributed by atoms with E-state index in [1.807, 2.05) is 4.90 Å². The summed E-state index contributed by atoms with van der Waals surface area (Å²) in [5, 5.41) is 0.